The van der Waals surface area contributed by atoms with Crippen LogP contribution in [-0.2, 0) is 0 Å². The number of hydrogen-bond acceptors (Lipinski definition) is 4. The molecule has 0 unspecified atom stereocenters. The Bertz CT molecular complexity index is 816. The van der Waals surface area contributed by atoms with Gasteiger partial charge in [0, 0.05) is 5.56 Å². The van der Waals surface area contributed by atoms with Gasteiger partial charge in [0.25, 0.3) is 0 Å². The molecule has 0 fully saturated rings. The van der Waals surface area contributed by atoms with E-state index in [0.717, 1.165) is 0 Å². The first-order valence-electron chi connectivity index (χ1n) is 6.57. The number of phenols is 1. The quantitative estimate of drug-likeness (QED) is 0.832. The second-order valence-corrected chi connectivity index (χ2v) is 4.95. The van der Waals surface area contributed by atoms with E-state index >= 15 is 0 Å². The van der Waals surface area contributed by atoms with E-state index in [4.69, 9.17) is 9.84 Å². The van der Waals surface area contributed by atoms with Crippen molar-refractivity contribution in [3.05, 3.63) is 64.4 Å². The van der Waals surface area contributed by atoms with Gasteiger partial charge in [-0.3, -0.25) is 4.79 Å². The number of ketones is 1. The van der Waals surface area contributed by atoms with Crippen molar-refractivity contribution in [3.63, 3.8) is 0 Å². The minimum absolute atomic E-state index is 0.0682. The zero-order valence-electron chi connectivity index (χ0n) is 11.7. The maximum absolute atomic E-state index is 12.3. The van der Waals surface area contributed by atoms with Crippen LogP contribution in [0.1, 0.15) is 31.8 Å². The van der Waals surface area contributed by atoms with E-state index in [1.54, 1.807) is 25.1 Å². The highest BCUT2D eigenvalue weighted by atomic mass is 16.5. The zero-order valence-corrected chi connectivity index (χ0v) is 11.7. The molecule has 0 spiro atoms. The minimum Gasteiger partial charge on any atom is -0.508 e. The van der Waals surface area contributed by atoms with Crippen LogP contribution in [0, 0.1) is 6.92 Å². The molecule has 5 nitrogen and oxygen atoms in total. The summed E-state index contributed by atoms with van der Waals surface area (Å²) in [6.45, 7) is 1.67. The van der Waals surface area contributed by atoms with Crippen molar-refractivity contribution >= 4 is 17.8 Å². The highest BCUT2D eigenvalue weighted by Gasteiger charge is 2.29. The Morgan fingerprint density at radius 3 is 2.45 bits per heavy atom. The van der Waals surface area contributed by atoms with Crippen molar-refractivity contribution in [1.29, 1.82) is 0 Å². The van der Waals surface area contributed by atoms with Crippen LogP contribution >= 0.6 is 0 Å². The first kappa shape index (κ1) is 13.9. The topological polar surface area (TPSA) is 83.8 Å². The van der Waals surface area contributed by atoms with Crippen molar-refractivity contribution in [2.75, 3.05) is 0 Å². The molecule has 0 atom stereocenters. The fourth-order valence-corrected chi connectivity index (χ4v) is 2.25. The van der Waals surface area contributed by atoms with Crippen LogP contribution in [-0.4, -0.2) is 22.0 Å². The van der Waals surface area contributed by atoms with Crippen molar-refractivity contribution in [3.8, 4) is 11.5 Å². The van der Waals surface area contributed by atoms with Crippen LogP contribution < -0.4 is 4.74 Å². The number of aromatic carboxylic acids is 1. The molecule has 2 aromatic carbocycles. The molecule has 1 aliphatic rings. The molecule has 0 bridgehead atoms. The van der Waals surface area contributed by atoms with Crippen LogP contribution in [0.4, 0.5) is 0 Å². The van der Waals surface area contributed by atoms with Gasteiger partial charge >= 0.3 is 5.97 Å². The zero-order chi connectivity index (χ0) is 15.9. The Morgan fingerprint density at radius 2 is 1.82 bits per heavy atom. The molecule has 5 heteroatoms. The Kier molecular flexibility index (Phi) is 3.18. The number of Topliss-reactive ketones (excluding diaryl/α,β-unsaturated/α-hetero) is 1. The molecule has 22 heavy (non-hydrogen) atoms. The molecule has 0 radical (unpaired) electrons. The number of hydrogen-bond donors (Lipinski definition) is 2. The van der Waals surface area contributed by atoms with E-state index in [1.807, 2.05) is 0 Å². The number of benzene rings is 2. The number of ether oxygens (including phenoxy) is 1. The van der Waals surface area contributed by atoms with Gasteiger partial charge in [-0.1, -0.05) is 12.1 Å². The molecular weight excluding hydrogens is 284 g/mol. The first-order chi connectivity index (χ1) is 10.5. The molecule has 0 saturated heterocycles. The Labute approximate surface area is 126 Å². The van der Waals surface area contributed by atoms with E-state index in [-0.39, 0.29) is 22.9 Å². The number of rotatable bonds is 2. The lowest BCUT2D eigenvalue weighted by atomic mass is 10.1. The van der Waals surface area contributed by atoms with Gasteiger partial charge in [-0.25, -0.2) is 4.79 Å². The number of aromatic hydroxyl groups is 1. The molecular formula is C17H12O5. The number of carboxylic acids is 1. The fraction of sp³-hybridized carbons (Fsp3) is 0.0588. The predicted molar refractivity (Wildman–Crippen MR) is 79.2 cm³/mol. The number of carbonyl (C=O) groups excluding carboxylic acids is 1. The normalized spacial score (nSPS) is 14.8. The van der Waals surface area contributed by atoms with Crippen molar-refractivity contribution in [2.45, 2.75) is 6.92 Å². The lowest BCUT2D eigenvalue weighted by Crippen LogP contribution is -1.98. The van der Waals surface area contributed by atoms with Gasteiger partial charge in [0.15, 0.2) is 5.76 Å². The van der Waals surface area contributed by atoms with Crippen LogP contribution in [0.2, 0.25) is 0 Å². The number of carbonyl (C=O) groups is 2. The third-order valence-electron chi connectivity index (χ3n) is 3.51. The van der Waals surface area contributed by atoms with E-state index in [2.05, 4.69) is 0 Å². The summed E-state index contributed by atoms with van der Waals surface area (Å²) >= 11 is 0. The summed E-state index contributed by atoms with van der Waals surface area (Å²) < 4.78 is 5.55. The first-order valence-corrected chi connectivity index (χ1v) is 6.57. The predicted octanol–water partition coefficient (Wildman–Crippen LogP) is 3.02. The Morgan fingerprint density at radius 1 is 1.14 bits per heavy atom. The maximum Gasteiger partial charge on any atom is 0.335 e. The smallest absolute Gasteiger partial charge is 0.335 e. The number of phenolic OH excluding ortho intramolecular Hbond substituents is 1. The average molecular weight is 296 g/mol. The van der Waals surface area contributed by atoms with Crippen molar-refractivity contribution < 1.29 is 24.5 Å². The maximum atomic E-state index is 12.3. The largest absolute Gasteiger partial charge is 0.508 e. The molecule has 110 valence electrons. The third-order valence-corrected chi connectivity index (χ3v) is 3.51. The number of carboxylic acid groups (broad SMARTS) is 1. The summed E-state index contributed by atoms with van der Waals surface area (Å²) in [5.41, 5.74) is 1.74. The van der Waals surface area contributed by atoms with Crippen LogP contribution in [0.5, 0.6) is 11.5 Å². The van der Waals surface area contributed by atoms with Crippen molar-refractivity contribution in [1.82, 2.24) is 0 Å². The minimum atomic E-state index is -1.01. The summed E-state index contributed by atoms with van der Waals surface area (Å²) in [5, 5.41) is 18.5. The van der Waals surface area contributed by atoms with E-state index in [9.17, 15) is 14.7 Å². The summed E-state index contributed by atoms with van der Waals surface area (Å²) in [7, 11) is 0. The van der Waals surface area contributed by atoms with Gasteiger partial charge in [-0.15, -0.1) is 0 Å². The molecule has 0 amide bonds. The van der Waals surface area contributed by atoms with Crippen LogP contribution in [0.3, 0.4) is 0 Å². The Balaban J connectivity index is 1.95. The van der Waals surface area contributed by atoms with Crippen molar-refractivity contribution in [2.24, 2.45) is 0 Å². The van der Waals surface area contributed by atoms with Gasteiger partial charge in [0.2, 0.25) is 5.78 Å². The SMILES string of the molecule is Cc1c(O)ccc2c1OC(=Cc1ccc(C(=O)O)cc1)C2=O. The molecule has 0 saturated carbocycles. The second-order valence-electron chi connectivity index (χ2n) is 4.95. The van der Waals surface area contributed by atoms with E-state index < -0.39 is 5.97 Å². The highest BCUT2D eigenvalue weighted by molar-refractivity contribution is 6.15. The Hall–Kier alpha value is -3.08. The van der Waals surface area contributed by atoms with E-state index in [1.165, 1.54) is 24.3 Å². The molecule has 0 aliphatic carbocycles. The molecule has 0 aromatic heterocycles. The molecule has 2 aromatic rings. The number of fused-ring (bicyclic) bond motifs is 1. The van der Waals surface area contributed by atoms with Crippen LogP contribution in [0.25, 0.3) is 6.08 Å². The summed E-state index contributed by atoms with van der Waals surface area (Å²) in [4.78, 5) is 23.1. The second kappa shape index (κ2) is 5.04. The van der Waals surface area contributed by atoms with Gasteiger partial charge in [0.1, 0.15) is 11.5 Å². The molecule has 2 N–H and O–H groups in total. The summed E-state index contributed by atoms with van der Waals surface area (Å²) in [5.74, 6) is -0.699. The molecule has 1 aliphatic heterocycles. The van der Waals surface area contributed by atoms with Gasteiger partial charge in [-0.05, 0) is 42.8 Å². The number of allylic oxidation sites excluding steroid dienone is 1. The lowest BCUT2D eigenvalue weighted by molar-refractivity contribution is 0.0696. The summed E-state index contributed by atoms with van der Waals surface area (Å²) in [6, 6.07) is 9.09. The third kappa shape index (κ3) is 2.22. The monoisotopic (exact) mass is 296 g/mol. The fourth-order valence-electron chi connectivity index (χ4n) is 2.25. The summed E-state index contributed by atoms with van der Waals surface area (Å²) in [6.07, 6.45) is 1.55. The van der Waals surface area contributed by atoms with E-state index in [0.29, 0.717) is 22.4 Å². The van der Waals surface area contributed by atoms with Gasteiger partial charge in [0.05, 0.1) is 11.1 Å². The molecule has 3 rings (SSSR count). The molecule has 1 heterocycles. The van der Waals surface area contributed by atoms with Gasteiger partial charge in [-0.2, -0.15) is 0 Å². The van der Waals surface area contributed by atoms with Gasteiger partial charge < -0.3 is 14.9 Å². The highest BCUT2D eigenvalue weighted by Crippen LogP contribution is 2.38. The standard InChI is InChI=1S/C17H12O5/c1-9-13(18)7-6-12-15(19)14(22-16(9)12)8-10-2-4-11(5-3-10)17(20)21/h2-8,18H,1H3,(H,20,21). The lowest BCUT2D eigenvalue weighted by Gasteiger charge is -2.04. The van der Waals surface area contributed by atoms with Crippen LogP contribution in [0.15, 0.2) is 42.2 Å². The average Bonchev–Trinajstić information content (AvgIpc) is 2.81.